The van der Waals surface area contributed by atoms with Gasteiger partial charge in [0.2, 0.25) is 0 Å². The number of aromatic nitrogens is 1. The highest BCUT2D eigenvalue weighted by Crippen LogP contribution is 2.38. The number of aryl methyl sites for hydroxylation is 3. The van der Waals surface area contributed by atoms with Crippen LogP contribution in [0.2, 0.25) is 0 Å². The van der Waals surface area contributed by atoms with Crippen LogP contribution in [0, 0.1) is 12.7 Å². The lowest BCUT2D eigenvalue weighted by atomic mass is 9.97. The van der Waals surface area contributed by atoms with Gasteiger partial charge in [0.1, 0.15) is 5.82 Å². The van der Waals surface area contributed by atoms with Crippen molar-refractivity contribution < 1.29 is 4.39 Å². The van der Waals surface area contributed by atoms with Gasteiger partial charge in [-0.2, -0.15) is 0 Å². The van der Waals surface area contributed by atoms with Crippen molar-refractivity contribution in [1.82, 2.24) is 9.47 Å². The first kappa shape index (κ1) is 16.3. The fourth-order valence-electron chi connectivity index (χ4n) is 4.24. The van der Waals surface area contributed by atoms with Gasteiger partial charge in [-0.3, -0.25) is 4.90 Å². The predicted molar refractivity (Wildman–Crippen MR) is 102 cm³/mol. The largest absolute Gasteiger partial charge is 0.342 e. The Labute approximate surface area is 148 Å². The van der Waals surface area contributed by atoms with E-state index in [1.165, 1.54) is 22.4 Å². The summed E-state index contributed by atoms with van der Waals surface area (Å²) in [5.74, 6) is -0.105. The maximum absolute atomic E-state index is 14.7. The number of halogens is 1. The maximum Gasteiger partial charge on any atom is 0.147 e. The molecule has 0 amide bonds. The Morgan fingerprint density at radius 3 is 2.72 bits per heavy atom. The molecule has 1 atom stereocenters. The van der Waals surface area contributed by atoms with E-state index in [9.17, 15) is 4.39 Å². The summed E-state index contributed by atoms with van der Waals surface area (Å²) < 4.78 is 17.0. The first-order chi connectivity index (χ1) is 12.1. The monoisotopic (exact) mass is 336 g/mol. The third-order valence-electron chi connectivity index (χ3n) is 5.83. The van der Waals surface area contributed by atoms with Crippen LogP contribution in [0.4, 0.5) is 4.39 Å². The molecule has 0 bridgehead atoms. The first-order valence-electron chi connectivity index (χ1n) is 9.12. The molecule has 2 heterocycles. The molecule has 3 heteroatoms. The third-order valence-corrected chi connectivity index (χ3v) is 5.83. The standard InChI is InChI=1S/C22H25FN2/c1-15-7-4-5-8-17(15)11-14-25-20-12-13-24(3)16(2)21(20)18-9-6-10-19(23)22(18)25/h4-10,16H,11-14H2,1-3H3. The van der Waals surface area contributed by atoms with Crippen LogP contribution >= 0.6 is 0 Å². The molecule has 130 valence electrons. The summed E-state index contributed by atoms with van der Waals surface area (Å²) >= 11 is 0. The zero-order chi connectivity index (χ0) is 17.6. The summed E-state index contributed by atoms with van der Waals surface area (Å²) in [7, 11) is 2.16. The molecule has 0 radical (unpaired) electrons. The SMILES string of the molecule is Cc1ccccc1CCn1c2c(c3cccc(F)c31)C(C)N(C)CC2. The number of hydrogen-bond acceptors (Lipinski definition) is 1. The highest BCUT2D eigenvalue weighted by molar-refractivity contribution is 5.87. The number of para-hydroxylation sites is 1. The molecule has 1 aliphatic heterocycles. The molecule has 2 aromatic carbocycles. The van der Waals surface area contributed by atoms with Gasteiger partial charge in [-0.05, 0) is 50.1 Å². The van der Waals surface area contributed by atoms with E-state index < -0.39 is 0 Å². The Hall–Kier alpha value is -2.13. The van der Waals surface area contributed by atoms with E-state index in [1.54, 1.807) is 6.07 Å². The summed E-state index contributed by atoms with van der Waals surface area (Å²) in [6.45, 7) is 6.23. The number of nitrogens with zero attached hydrogens (tertiary/aromatic N) is 2. The molecular formula is C22H25FN2. The zero-order valence-electron chi connectivity index (χ0n) is 15.2. The Morgan fingerprint density at radius 2 is 1.92 bits per heavy atom. The van der Waals surface area contributed by atoms with Gasteiger partial charge in [0.15, 0.2) is 0 Å². The second kappa shape index (κ2) is 6.30. The van der Waals surface area contributed by atoms with Gasteiger partial charge in [-0.1, -0.05) is 36.4 Å². The van der Waals surface area contributed by atoms with Crippen LogP contribution in [0.3, 0.4) is 0 Å². The summed E-state index contributed by atoms with van der Waals surface area (Å²) in [4.78, 5) is 2.36. The van der Waals surface area contributed by atoms with Gasteiger partial charge < -0.3 is 4.57 Å². The minimum atomic E-state index is -0.105. The minimum Gasteiger partial charge on any atom is -0.342 e. The fraction of sp³-hybridized carbons (Fsp3) is 0.364. The van der Waals surface area contributed by atoms with E-state index in [-0.39, 0.29) is 5.82 Å². The molecule has 0 saturated carbocycles. The lowest BCUT2D eigenvalue weighted by Crippen LogP contribution is -2.31. The number of benzene rings is 2. The minimum absolute atomic E-state index is 0.105. The van der Waals surface area contributed by atoms with Crippen LogP contribution in [0.1, 0.15) is 35.3 Å². The van der Waals surface area contributed by atoms with Gasteiger partial charge in [-0.25, -0.2) is 4.39 Å². The molecule has 25 heavy (non-hydrogen) atoms. The van der Waals surface area contributed by atoms with Crippen LogP contribution in [0.25, 0.3) is 10.9 Å². The van der Waals surface area contributed by atoms with Crippen molar-refractivity contribution >= 4 is 10.9 Å². The number of hydrogen-bond donors (Lipinski definition) is 0. The molecule has 0 N–H and O–H groups in total. The van der Waals surface area contributed by atoms with E-state index in [1.807, 2.05) is 6.07 Å². The fourth-order valence-corrected chi connectivity index (χ4v) is 4.24. The Morgan fingerprint density at radius 1 is 1.12 bits per heavy atom. The van der Waals surface area contributed by atoms with Crippen LogP contribution in [0.15, 0.2) is 42.5 Å². The van der Waals surface area contributed by atoms with E-state index >= 15 is 0 Å². The van der Waals surface area contributed by atoms with E-state index in [0.717, 1.165) is 36.8 Å². The van der Waals surface area contributed by atoms with Crippen molar-refractivity contribution in [2.75, 3.05) is 13.6 Å². The molecular weight excluding hydrogens is 311 g/mol. The van der Waals surface area contributed by atoms with Crippen molar-refractivity contribution in [3.63, 3.8) is 0 Å². The maximum atomic E-state index is 14.7. The first-order valence-corrected chi connectivity index (χ1v) is 9.12. The second-order valence-corrected chi connectivity index (χ2v) is 7.23. The normalized spacial score (nSPS) is 17.8. The predicted octanol–water partition coefficient (Wildman–Crippen LogP) is 4.88. The Balaban J connectivity index is 1.82. The Kier molecular flexibility index (Phi) is 4.12. The van der Waals surface area contributed by atoms with Gasteiger partial charge >= 0.3 is 0 Å². The van der Waals surface area contributed by atoms with Gasteiger partial charge in [0.25, 0.3) is 0 Å². The summed E-state index contributed by atoms with van der Waals surface area (Å²) in [6, 6.07) is 14.3. The van der Waals surface area contributed by atoms with Crippen LogP contribution in [0.5, 0.6) is 0 Å². The Bertz CT molecular complexity index is 925. The van der Waals surface area contributed by atoms with Crippen molar-refractivity contribution in [3.05, 3.63) is 70.7 Å². The molecule has 1 unspecified atom stereocenters. The number of rotatable bonds is 3. The highest BCUT2D eigenvalue weighted by Gasteiger charge is 2.28. The van der Waals surface area contributed by atoms with Crippen molar-refractivity contribution in [1.29, 1.82) is 0 Å². The summed E-state index contributed by atoms with van der Waals surface area (Å²) in [5.41, 5.74) is 6.06. The smallest absolute Gasteiger partial charge is 0.147 e. The second-order valence-electron chi connectivity index (χ2n) is 7.23. The number of likely N-dealkylation sites (N-methyl/N-ethyl adjacent to an activating group) is 1. The topological polar surface area (TPSA) is 8.17 Å². The average molecular weight is 336 g/mol. The number of fused-ring (bicyclic) bond motifs is 3. The van der Waals surface area contributed by atoms with E-state index in [4.69, 9.17) is 0 Å². The van der Waals surface area contributed by atoms with Crippen molar-refractivity contribution in [2.45, 2.75) is 39.3 Å². The van der Waals surface area contributed by atoms with Gasteiger partial charge in [0.05, 0.1) is 5.52 Å². The lowest BCUT2D eigenvalue weighted by Gasteiger charge is -2.31. The highest BCUT2D eigenvalue weighted by atomic mass is 19.1. The lowest BCUT2D eigenvalue weighted by molar-refractivity contribution is 0.245. The molecule has 3 aromatic rings. The third kappa shape index (κ3) is 2.67. The molecule has 0 fully saturated rings. The molecule has 0 aliphatic carbocycles. The molecule has 1 aliphatic rings. The average Bonchev–Trinajstić information content (AvgIpc) is 2.93. The summed E-state index contributed by atoms with van der Waals surface area (Å²) in [5, 5.41) is 1.08. The van der Waals surface area contributed by atoms with Gasteiger partial charge in [-0.15, -0.1) is 0 Å². The quantitative estimate of drug-likeness (QED) is 0.662. The molecule has 2 nitrogen and oxygen atoms in total. The molecule has 4 rings (SSSR count). The summed E-state index contributed by atoms with van der Waals surface area (Å²) in [6.07, 6.45) is 1.92. The molecule has 0 saturated heterocycles. The molecule has 1 aromatic heterocycles. The van der Waals surface area contributed by atoms with Crippen LogP contribution in [-0.2, 0) is 19.4 Å². The molecule has 0 spiro atoms. The van der Waals surface area contributed by atoms with E-state index in [0.29, 0.717) is 6.04 Å². The van der Waals surface area contributed by atoms with Gasteiger partial charge in [0, 0.05) is 36.6 Å². The zero-order valence-corrected chi connectivity index (χ0v) is 15.2. The van der Waals surface area contributed by atoms with Crippen molar-refractivity contribution in [2.24, 2.45) is 0 Å². The van der Waals surface area contributed by atoms with Crippen LogP contribution < -0.4 is 0 Å². The van der Waals surface area contributed by atoms with Crippen molar-refractivity contribution in [3.8, 4) is 0 Å². The van der Waals surface area contributed by atoms with Crippen LogP contribution in [-0.4, -0.2) is 23.1 Å². The van der Waals surface area contributed by atoms with E-state index in [2.05, 4.69) is 60.7 Å².